The second kappa shape index (κ2) is 10.4. The monoisotopic (exact) mass is 535 g/mol. The van der Waals surface area contributed by atoms with Gasteiger partial charge in [0.05, 0.1) is 34.3 Å². The molecule has 3 amide bonds. The molecule has 2 heterocycles. The number of nitrogens with one attached hydrogen (secondary N) is 1. The smallest absolute Gasteiger partial charge is 0.269 e. The van der Waals surface area contributed by atoms with Crippen LogP contribution in [0, 0.1) is 29.1 Å². The molecule has 1 aromatic carbocycles. The number of carbonyl (C=O) groups is 3. The highest BCUT2D eigenvalue weighted by molar-refractivity contribution is 7.13. The molecule has 1 aromatic heterocycles. The summed E-state index contributed by atoms with van der Waals surface area (Å²) in [7, 11) is 0. The Hall–Kier alpha value is -3.42. The molecule has 0 radical (unpaired) electrons. The van der Waals surface area contributed by atoms with Gasteiger partial charge in [0.2, 0.25) is 5.91 Å². The van der Waals surface area contributed by atoms with Crippen molar-refractivity contribution < 1.29 is 19.5 Å². The Morgan fingerprint density at radius 3 is 2.45 bits per heavy atom. The fourth-order valence-corrected chi connectivity index (χ4v) is 5.37. The molecule has 10 heteroatoms. The lowest BCUT2D eigenvalue weighted by Crippen LogP contribution is -2.50. The largest absolute Gasteiger partial charge is 0.391 e. The number of aliphatic hydroxyl groups excluding tert-OH is 1. The van der Waals surface area contributed by atoms with E-state index in [1.54, 1.807) is 32.1 Å². The molecule has 3 atom stereocenters. The maximum atomic E-state index is 13.6. The number of likely N-dealkylation sites (tertiary alicyclic amines) is 1. The Morgan fingerprint density at radius 1 is 1.26 bits per heavy atom. The van der Waals surface area contributed by atoms with Gasteiger partial charge in [-0.3, -0.25) is 14.4 Å². The van der Waals surface area contributed by atoms with Crippen LogP contribution in [0.5, 0.6) is 0 Å². The van der Waals surface area contributed by atoms with Gasteiger partial charge in [-0.2, -0.15) is 5.26 Å². The van der Waals surface area contributed by atoms with E-state index in [2.05, 4.69) is 15.3 Å². The molecule has 1 aliphatic heterocycles. The number of aryl methyl sites for hydroxylation is 1. The highest BCUT2D eigenvalue weighted by atomic mass is 32.1. The number of hydrogen-bond acceptors (Lipinski definition) is 7. The minimum atomic E-state index is -1.15. The Labute approximate surface area is 226 Å². The van der Waals surface area contributed by atoms with Crippen molar-refractivity contribution >= 4 is 34.8 Å². The number of β-amino-alcohol motifs (C(OH)–C–C–N with tert-alkyl or cyclic N) is 1. The molecule has 0 spiro atoms. The summed E-state index contributed by atoms with van der Waals surface area (Å²) in [6, 6.07) is 8.65. The molecule has 2 fully saturated rings. The molecule has 1 unspecified atom stereocenters. The lowest BCUT2D eigenvalue weighted by atomic mass is 9.88. The van der Waals surface area contributed by atoms with E-state index in [9.17, 15) is 24.8 Å². The average Bonchev–Trinajstić information content (AvgIpc) is 3.40. The summed E-state index contributed by atoms with van der Waals surface area (Å²) in [6.45, 7) is 9.05. The Morgan fingerprint density at radius 2 is 1.92 bits per heavy atom. The van der Waals surface area contributed by atoms with Gasteiger partial charge in [-0.05, 0) is 37.8 Å². The van der Waals surface area contributed by atoms with Crippen molar-refractivity contribution in [1.29, 1.82) is 5.26 Å². The topological polar surface area (TPSA) is 136 Å². The number of aliphatic imine (C=N–C) groups is 1. The first-order chi connectivity index (χ1) is 17.9. The molecule has 2 aromatic rings. The van der Waals surface area contributed by atoms with Crippen LogP contribution >= 0.6 is 11.3 Å². The van der Waals surface area contributed by atoms with Gasteiger partial charge in [-0.25, -0.2) is 9.98 Å². The molecule has 38 heavy (non-hydrogen) atoms. The second-order valence-electron chi connectivity index (χ2n) is 11.2. The minimum absolute atomic E-state index is 0.0158. The molecule has 2 N–H and O–H groups in total. The lowest BCUT2D eigenvalue weighted by molar-refractivity contribution is -0.134. The SMILES string of the molecule is Cc1ncsc1-c1ccc(C(C)NC(=O)[C@@H]2C[C@@H](O)CN2C(=O)C(=NC(=O)C2(C#N)CC2)C(C)(C)C)cc1. The number of benzene rings is 1. The number of aliphatic hydroxyl groups is 1. The molecule has 4 rings (SSSR count). The van der Waals surface area contributed by atoms with Crippen LogP contribution < -0.4 is 5.32 Å². The number of nitrogens with zero attached hydrogens (tertiary/aromatic N) is 4. The number of thiazole rings is 1. The molecule has 200 valence electrons. The first kappa shape index (κ1) is 27.6. The number of hydrogen-bond donors (Lipinski definition) is 2. The highest BCUT2D eigenvalue weighted by Gasteiger charge is 2.52. The van der Waals surface area contributed by atoms with Crippen LogP contribution in [-0.4, -0.2) is 57.1 Å². The van der Waals surface area contributed by atoms with Gasteiger partial charge in [-0.15, -0.1) is 11.3 Å². The third kappa shape index (κ3) is 5.54. The van der Waals surface area contributed by atoms with Gasteiger partial charge in [0.25, 0.3) is 11.8 Å². The number of carbonyl (C=O) groups excluding carboxylic acids is 3. The van der Waals surface area contributed by atoms with E-state index in [0.29, 0.717) is 12.8 Å². The molecule has 1 aliphatic carbocycles. The third-order valence-electron chi connectivity index (χ3n) is 7.12. The molecule has 2 aliphatic rings. The van der Waals surface area contributed by atoms with Crippen LogP contribution in [0.1, 0.15) is 64.3 Å². The normalized spacial score (nSPS) is 21.5. The van der Waals surface area contributed by atoms with E-state index in [0.717, 1.165) is 21.7 Å². The van der Waals surface area contributed by atoms with E-state index in [4.69, 9.17) is 0 Å². The van der Waals surface area contributed by atoms with Crippen LogP contribution in [0.4, 0.5) is 0 Å². The van der Waals surface area contributed by atoms with Crippen molar-refractivity contribution in [2.45, 2.75) is 72.1 Å². The van der Waals surface area contributed by atoms with E-state index >= 15 is 0 Å². The van der Waals surface area contributed by atoms with Gasteiger partial charge in [-0.1, -0.05) is 45.0 Å². The van der Waals surface area contributed by atoms with Gasteiger partial charge in [0, 0.05) is 18.4 Å². The van der Waals surface area contributed by atoms with E-state index in [1.165, 1.54) is 4.90 Å². The lowest BCUT2D eigenvalue weighted by Gasteiger charge is -2.29. The van der Waals surface area contributed by atoms with Gasteiger partial charge in [0.15, 0.2) is 0 Å². The number of amides is 3. The average molecular weight is 536 g/mol. The summed E-state index contributed by atoms with van der Waals surface area (Å²) in [5, 5.41) is 22.7. The minimum Gasteiger partial charge on any atom is -0.391 e. The van der Waals surface area contributed by atoms with E-state index in [1.807, 2.05) is 49.7 Å². The number of aromatic nitrogens is 1. The van der Waals surface area contributed by atoms with Gasteiger partial charge in [0.1, 0.15) is 17.2 Å². The Bertz CT molecular complexity index is 1310. The third-order valence-corrected chi connectivity index (χ3v) is 8.10. The van der Waals surface area contributed by atoms with Crippen molar-refractivity contribution in [2.24, 2.45) is 15.8 Å². The van der Waals surface area contributed by atoms with E-state index in [-0.39, 0.29) is 30.6 Å². The Kier molecular flexibility index (Phi) is 7.55. The molecular weight excluding hydrogens is 502 g/mol. The summed E-state index contributed by atoms with van der Waals surface area (Å²) in [5.74, 6) is -1.59. The summed E-state index contributed by atoms with van der Waals surface area (Å²) >= 11 is 1.57. The second-order valence-corrected chi connectivity index (χ2v) is 12.0. The molecule has 9 nitrogen and oxygen atoms in total. The molecule has 1 saturated heterocycles. The van der Waals surface area contributed by atoms with Crippen LogP contribution in [0.15, 0.2) is 34.8 Å². The van der Waals surface area contributed by atoms with Crippen molar-refractivity contribution in [3.05, 3.63) is 41.0 Å². The van der Waals surface area contributed by atoms with Gasteiger partial charge < -0.3 is 15.3 Å². The summed E-state index contributed by atoms with van der Waals surface area (Å²) in [5.41, 5.74) is 2.75. The zero-order valence-electron chi connectivity index (χ0n) is 22.3. The van der Waals surface area contributed by atoms with Crippen molar-refractivity contribution in [3.8, 4) is 16.5 Å². The quantitative estimate of drug-likeness (QED) is 0.543. The van der Waals surface area contributed by atoms with E-state index < -0.39 is 34.8 Å². The first-order valence-corrected chi connectivity index (χ1v) is 13.6. The Balaban J connectivity index is 1.50. The maximum Gasteiger partial charge on any atom is 0.269 e. The molecule has 0 bridgehead atoms. The van der Waals surface area contributed by atoms with Gasteiger partial charge >= 0.3 is 0 Å². The highest BCUT2D eigenvalue weighted by Crippen LogP contribution is 2.46. The number of rotatable bonds is 6. The van der Waals surface area contributed by atoms with Crippen molar-refractivity contribution in [3.63, 3.8) is 0 Å². The fourth-order valence-electron chi connectivity index (χ4n) is 4.56. The number of nitriles is 1. The molecule has 1 saturated carbocycles. The van der Waals surface area contributed by atoms with Crippen LogP contribution in [0.2, 0.25) is 0 Å². The van der Waals surface area contributed by atoms with Crippen LogP contribution in [-0.2, 0) is 14.4 Å². The zero-order chi connectivity index (χ0) is 27.8. The predicted octanol–water partition coefficient (Wildman–Crippen LogP) is 3.58. The zero-order valence-corrected chi connectivity index (χ0v) is 23.1. The summed E-state index contributed by atoms with van der Waals surface area (Å²) < 4.78 is 0. The van der Waals surface area contributed by atoms with Crippen LogP contribution in [0.25, 0.3) is 10.4 Å². The standard InChI is InChI=1S/C28H33N5O4S/c1-16(18-6-8-19(9-7-18)22-17(2)30-15-38-22)31-24(35)21-12-20(34)13-33(21)25(36)23(27(3,4)5)32-26(37)28(14-29)10-11-28/h6-9,15-16,20-21,34H,10-13H2,1-5H3,(H,31,35)/t16?,20-,21+/m1/s1. The predicted molar refractivity (Wildman–Crippen MR) is 144 cm³/mol. The summed E-state index contributed by atoms with van der Waals surface area (Å²) in [6.07, 6.45) is 0.0560. The summed E-state index contributed by atoms with van der Waals surface area (Å²) in [4.78, 5) is 50.5. The fraction of sp³-hybridized carbons (Fsp3) is 0.500. The maximum absolute atomic E-state index is 13.6. The van der Waals surface area contributed by atoms with Crippen molar-refractivity contribution in [2.75, 3.05) is 6.54 Å². The van der Waals surface area contributed by atoms with Crippen molar-refractivity contribution in [1.82, 2.24) is 15.2 Å². The first-order valence-electron chi connectivity index (χ1n) is 12.7. The van der Waals surface area contributed by atoms with Crippen LogP contribution in [0.3, 0.4) is 0 Å². The molecular formula is C28H33N5O4S.